The second-order valence-electron chi connectivity index (χ2n) is 5.80. The molecule has 0 unspecified atom stereocenters. The van der Waals surface area contributed by atoms with E-state index in [-0.39, 0.29) is 48.7 Å². The van der Waals surface area contributed by atoms with Crippen molar-refractivity contribution in [3.05, 3.63) is 102 Å². The van der Waals surface area contributed by atoms with Crippen LogP contribution in [-0.4, -0.2) is 24.2 Å². The zero-order valence-electron chi connectivity index (χ0n) is 18.8. The summed E-state index contributed by atoms with van der Waals surface area (Å²) in [6.45, 7) is -0.400. The van der Waals surface area contributed by atoms with Gasteiger partial charge in [-0.1, -0.05) is 72.7 Å². The summed E-state index contributed by atoms with van der Waals surface area (Å²) in [5.41, 5.74) is 3.32. The number of halogens is 1. The summed E-state index contributed by atoms with van der Waals surface area (Å²) in [5.74, 6) is 0.166. The minimum Gasteiger partial charge on any atom is -0.491 e. The molecule has 27 heavy (non-hydrogen) atoms. The zero-order valence-corrected chi connectivity index (χ0v) is 15.6. The van der Waals surface area contributed by atoms with Gasteiger partial charge in [-0.2, -0.15) is 0 Å². The number of hydrogen-bond donors (Lipinski definition) is 1. The summed E-state index contributed by atoms with van der Waals surface area (Å²) in [6.07, 6.45) is 0.484. The smallest absolute Gasteiger partial charge is 0.119 e. The average Bonchev–Trinajstić information content (AvgIpc) is 2.80. The Hall–Kier alpha value is -2.55. The Balaban J connectivity index is 2.39. The molecule has 2 nitrogen and oxygen atoms in total. The van der Waals surface area contributed by atoms with Crippen LogP contribution >= 0.6 is 11.6 Å². The van der Waals surface area contributed by atoms with Gasteiger partial charge in [-0.3, -0.25) is 0 Å². The van der Waals surface area contributed by atoms with E-state index in [1.165, 1.54) is 0 Å². The lowest BCUT2D eigenvalue weighted by atomic mass is 9.88. The summed E-state index contributed by atoms with van der Waals surface area (Å²) in [7, 11) is 0. The van der Waals surface area contributed by atoms with Crippen LogP contribution < -0.4 is 4.74 Å². The molecular weight excluding hydrogens is 356 g/mol. The van der Waals surface area contributed by atoms with Gasteiger partial charge >= 0.3 is 0 Å². The van der Waals surface area contributed by atoms with E-state index in [2.05, 4.69) is 0 Å². The van der Waals surface area contributed by atoms with Crippen molar-refractivity contribution in [2.75, 3.05) is 19.1 Å². The van der Waals surface area contributed by atoms with E-state index in [1.54, 1.807) is 0 Å². The normalized spacial score (nSPS) is 13.9. The molecule has 138 valence electrons. The first kappa shape index (κ1) is 14.5. The van der Waals surface area contributed by atoms with Crippen LogP contribution in [0.1, 0.15) is 28.6 Å². The predicted octanol–water partition coefficient (Wildman–Crippen LogP) is 5.65. The SMILES string of the molecule is [2H]c1c([2H])c(/C(=C(/CCCl)c2ccccc2)c2ccccc2)c([2H])c([2H])c1OCCO. The number of aliphatic hydroxyl groups excluding tert-OH is 1. The minimum atomic E-state index is -0.287. The van der Waals surface area contributed by atoms with Gasteiger partial charge in [-0.15, -0.1) is 11.6 Å². The van der Waals surface area contributed by atoms with Crippen LogP contribution in [0.3, 0.4) is 0 Å². The zero-order chi connectivity index (χ0) is 22.4. The van der Waals surface area contributed by atoms with Crippen molar-refractivity contribution in [2.45, 2.75) is 6.42 Å². The highest BCUT2D eigenvalue weighted by atomic mass is 35.5. The second-order valence-corrected chi connectivity index (χ2v) is 6.18. The lowest BCUT2D eigenvalue weighted by Gasteiger charge is -2.17. The van der Waals surface area contributed by atoms with E-state index in [0.29, 0.717) is 17.9 Å². The van der Waals surface area contributed by atoms with Gasteiger partial charge in [0.05, 0.1) is 12.1 Å². The number of ether oxygens (including phenoxy) is 1. The van der Waals surface area contributed by atoms with Crippen LogP contribution in [0.15, 0.2) is 84.8 Å². The molecule has 0 saturated heterocycles. The van der Waals surface area contributed by atoms with Gasteiger partial charge in [0, 0.05) is 5.88 Å². The predicted molar refractivity (Wildman–Crippen MR) is 113 cm³/mol. The Morgan fingerprint density at radius 2 is 1.44 bits per heavy atom. The summed E-state index contributed by atoms with van der Waals surface area (Å²) < 4.78 is 39.5. The molecule has 0 atom stereocenters. The lowest BCUT2D eigenvalue weighted by molar-refractivity contribution is 0.201. The van der Waals surface area contributed by atoms with E-state index in [9.17, 15) is 0 Å². The number of benzene rings is 3. The third kappa shape index (κ3) is 5.00. The van der Waals surface area contributed by atoms with Gasteiger partial charge < -0.3 is 9.84 Å². The average molecular weight is 383 g/mol. The van der Waals surface area contributed by atoms with E-state index < -0.39 is 0 Å². The first-order chi connectivity index (χ1) is 15.0. The topological polar surface area (TPSA) is 29.5 Å². The molecule has 0 radical (unpaired) electrons. The van der Waals surface area contributed by atoms with Crippen LogP contribution in [-0.2, 0) is 0 Å². The van der Waals surface area contributed by atoms with Gasteiger partial charge in [-0.05, 0) is 46.3 Å². The van der Waals surface area contributed by atoms with Gasteiger partial charge in [0.1, 0.15) is 12.4 Å². The highest BCUT2D eigenvalue weighted by Crippen LogP contribution is 2.35. The molecule has 0 fully saturated rings. The fourth-order valence-corrected chi connectivity index (χ4v) is 3.06. The van der Waals surface area contributed by atoms with Crippen LogP contribution in [0.2, 0.25) is 0 Å². The molecule has 0 aliphatic heterocycles. The molecule has 0 aromatic heterocycles. The Morgan fingerprint density at radius 3 is 2.00 bits per heavy atom. The third-order valence-corrected chi connectivity index (χ3v) is 4.21. The second kappa shape index (κ2) is 9.96. The lowest BCUT2D eigenvalue weighted by Crippen LogP contribution is -2.01. The quantitative estimate of drug-likeness (QED) is 0.403. The largest absolute Gasteiger partial charge is 0.491 e. The first-order valence-corrected chi connectivity index (χ1v) is 9.29. The van der Waals surface area contributed by atoms with Gasteiger partial charge in [0.25, 0.3) is 0 Å². The first-order valence-electron chi connectivity index (χ1n) is 10.8. The molecular formula is C24H23ClO2. The molecule has 0 heterocycles. The van der Waals surface area contributed by atoms with Crippen molar-refractivity contribution >= 4 is 22.7 Å². The summed E-state index contributed by atoms with van der Waals surface area (Å²) in [6, 6.07) is 18.0. The standard InChI is InChI=1S/C24H23ClO2/c25-16-15-23(19-7-3-1-4-8-19)24(20-9-5-2-6-10-20)21-11-13-22(14-12-21)27-18-17-26/h1-14,26H,15-18H2/b24-23-/i11D,12D,13D,14D. The maximum Gasteiger partial charge on any atom is 0.119 e. The van der Waals surface area contributed by atoms with Gasteiger partial charge in [0.15, 0.2) is 0 Å². The summed E-state index contributed by atoms with van der Waals surface area (Å²) in [4.78, 5) is 0. The van der Waals surface area contributed by atoms with Crippen LogP contribution in [0.5, 0.6) is 5.75 Å². The van der Waals surface area contributed by atoms with Crippen molar-refractivity contribution < 1.29 is 15.3 Å². The molecule has 3 heteroatoms. The van der Waals surface area contributed by atoms with E-state index in [4.69, 9.17) is 26.9 Å². The van der Waals surface area contributed by atoms with Gasteiger partial charge in [-0.25, -0.2) is 0 Å². The summed E-state index contributed by atoms with van der Waals surface area (Å²) in [5, 5.41) is 9.04. The summed E-state index contributed by atoms with van der Waals surface area (Å²) >= 11 is 6.14. The maximum atomic E-state index is 9.04. The van der Waals surface area contributed by atoms with E-state index in [1.807, 2.05) is 60.7 Å². The van der Waals surface area contributed by atoms with Crippen LogP contribution in [0.25, 0.3) is 11.1 Å². The number of allylic oxidation sites excluding steroid dienone is 1. The Labute approximate surface area is 171 Å². The molecule has 3 rings (SSSR count). The highest BCUT2D eigenvalue weighted by Gasteiger charge is 2.14. The molecule has 3 aromatic carbocycles. The van der Waals surface area contributed by atoms with E-state index in [0.717, 1.165) is 16.7 Å². The molecule has 0 saturated carbocycles. The minimum absolute atomic E-state index is 0.112. The fourth-order valence-electron chi connectivity index (χ4n) is 2.87. The Bertz CT molecular complexity index is 1040. The van der Waals surface area contributed by atoms with Crippen LogP contribution in [0.4, 0.5) is 0 Å². The molecule has 0 amide bonds. The number of aliphatic hydroxyl groups is 1. The third-order valence-electron chi connectivity index (χ3n) is 4.02. The van der Waals surface area contributed by atoms with Crippen molar-refractivity contribution in [1.82, 2.24) is 0 Å². The molecule has 0 spiro atoms. The van der Waals surface area contributed by atoms with Crippen molar-refractivity contribution in [3.8, 4) is 5.75 Å². The number of hydrogen-bond acceptors (Lipinski definition) is 2. The monoisotopic (exact) mass is 382 g/mol. The molecule has 1 N–H and O–H groups in total. The molecule has 0 aliphatic rings. The maximum absolute atomic E-state index is 9.04. The molecule has 0 bridgehead atoms. The van der Waals surface area contributed by atoms with Crippen molar-refractivity contribution in [1.29, 1.82) is 0 Å². The van der Waals surface area contributed by atoms with Crippen molar-refractivity contribution in [3.63, 3.8) is 0 Å². The molecule has 3 aromatic rings. The number of rotatable bonds is 8. The Kier molecular flexibility index (Phi) is 5.35. The van der Waals surface area contributed by atoms with Gasteiger partial charge in [0.2, 0.25) is 0 Å². The highest BCUT2D eigenvalue weighted by molar-refractivity contribution is 6.18. The number of alkyl halides is 1. The fraction of sp³-hybridized carbons (Fsp3) is 0.167. The van der Waals surface area contributed by atoms with Crippen LogP contribution in [0, 0.1) is 0 Å². The van der Waals surface area contributed by atoms with Crippen molar-refractivity contribution in [2.24, 2.45) is 0 Å². The van der Waals surface area contributed by atoms with E-state index >= 15 is 0 Å². The Morgan fingerprint density at radius 1 is 0.852 bits per heavy atom. The molecule has 0 aliphatic carbocycles.